The molecule has 1 heterocycles. The molecule has 4 nitrogen and oxygen atoms in total. The second kappa shape index (κ2) is 15.5. The van der Waals surface area contributed by atoms with Crippen molar-refractivity contribution in [3.05, 3.63) is 252 Å². The summed E-state index contributed by atoms with van der Waals surface area (Å²) >= 11 is 0. The molecule has 10 aromatic rings. The van der Waals surface area contributed by atoms with Crippen LogP contribution < -0.4 is 0 Å². The largest absolute Gasteiger partial charge is 0.253 e. The fourth-order valence-corrected chi connectivity index (χ4v) is 10.1. The number of nitrogens with zero attached hydrogens (tertiary/aromatic N) is 4. The van der Waals surface area contributed by atoms with Crippen molar-refractivity contribution < 1.29 is 0 Å². The summed E-state index contributed by atoms with van der Waals surface area (Å²) in [5, 5.41) is 0. The lowest BCUT2D eigenvalue weighted by Crippen LogP contribution is -2.25. The Morgan fingerprint density at radius 2 is 0.769 bits per heavy atom. The summed E-state index contributed by atoms with van der Waals surface area (Å²) < 4.78 is 0. The molecule has 0 fully saturated rings. The number of aryl methyl sites for hydroxylation is 1. The van der Waals surface area contributed by atoms with Crippen molar-refractivity contribution in [1.29, 1.82) is 0 Å². The zero-order valence-corrected chi connectivity index (χ0v) is 36.1. The van der Waals surface area contributed by atoms with E-state index in [2.05, 4.69) is 214 Å². The van der Waals surface area contributed by atoms with Gasteiger partial charge in [-0.15, -0.1) is 0 Å². The van der Waals surface area contributed by atoms with Crippen molar-refractivity contribution in [2.45, 2.75) is 19.3 Å². The zero-order valence-electron chi connectivity index (χ0n) is 36.1. The molecule has 0 atom stereocenters. The van der Waals surface area contributed by atoms with Crippen LogP contribution in [0.4, 0.5) is 5.69 Å². The van der Waals surface area contributed by atoms with Crippen molar-refractivity contribution >= 4 is 11.4 Å². The number of hydrogen-bond donors (Lipinski definition) is 0. The SMILES string of the molecule is CC(=Nc1ccccc1C)c1cccc(-c2nc(-c3ccc(-c4ccc(-c5ccccc5)cc4)cc3)nc(-c3ccc4c(c3)C3(c5ccccc5-c5ccccc53)c3ccccc3-4)n2)c1. The van der Waals surface area contributed by atoms with E-state index in [0.29, 0.717) is 17.5 Å². The fourth-order valence-electron chi connectivity index (χ4n) is 10.1. The molecule has 0 unspecified atom stereocenters. The minimum absolute atomic E-state index is 0.481. The van der Waals surface area contributed by atoms with Gasteiger partial charge < -0.3 is 0 Å². The Kier molecular flexibility index (Phi) is 9.13. The molecule has 1 spiro atoms. The van der Waals surface area contributed by atoms with Crippen LogP contribution in [0, 0.1) is 6.92 Å². The Bertz CT molecular complexity index is 3430. The van der Waals surface area contributed by atoms with Crippen LogP contribution in [0.25, 0.3) is 78.7 Å². The maximum Gasteiger partial charge on any atom is 0.164 e. The van der Waals surface area contributed by atoms with E-state index in [1.165, 1.54) is 55.6 Å². The molecule has 0 saturated carbocycles. The molecule has 0 aliphatic heterocycles. The molecule has 0 saturated heterocycles. The number of benzene rings is 9. The van der Waals surface area contributed by atoms with Gasteiger partial charge in [0.15, 0.2) is 17.5 Å². The fraction of sp³-hybridized carbons (Fsp3) is 0.0492. The Morgan fingerprint density at radius 3 is 1.34 bits per heavy atom. The highest BCUT2D eigenvalue weighted by molar-refractivity contribution is 6.01. The van der Waals surface area contributed by atoms with Crippen molar-refractivity contribution in [1.82, 2.24) is 15.0 Å². The van der Waals surface area contributed by atoms with Gasteiger partial charge in [-0.2, -0.15) is 0 Å². The van der Waals surface area contributed by atoms with Gasteiger partial charge in [-0.25, -0.2) is 15.0 Å². The molecule has 1 aromatic heterocycles. The van der Waals surface area contributed by atoms with E-state index in [1.807, 2.05) is 18.2 Å². The van der Waals surface area contributed by atoms with Crippen molar-refractivity contribution in [2.24, 2.45) is 4.99 Å². The number of hydrogen-bond acceptors (Lipinski definition) is 4. The smallest absolute Gasteiger partial charge is 0.164 e. The molecule has 0 N–H and O–H groups in total. The van der Waals surface area contributed by atoms with E-state index in [0.717, 1.165) is 50.3 Å². The van der Waals surface area contributed by atoms with E-state index in [4.69, 9.17) is 19.9 Å². The number of aliphatic imine (C=N–C) groups is 1. The second-order valence-corrected chi connectivity index (χ2v) is 17.0. The number of aromatic nitrogens is 3. The molecule has 306 valence electrons. The Hall–Kier alpha value is -8.34. The first-order valence-corrected chi connectivity index (χ1v) is 22.2. The molecule has 2 aliphatic rings. The number of rotatable bonds is 7. The zero-order chi connectivity index (χ0) is 43.5. The van der Waals surface area contributed by atoms with Crippen LogP contribution in [-0.4, -0.2) is 20.7 Å². The van der Waals surface area contributed by atoms with Crippen LogP contribution in [-0.2, 0) is 5.41 Å². The maximum atomic E-state index is 5.31. The van der Waals surface area contributed by atoms with Gasteiger partial charge in [0, 0.05) is 22.4 Å². The van der Waals surface area contributed by atoms with Gasteiger partial charge in [-0.1, -0.05) is 200 Å². The molecule has 12 rings (SSSR count). The molecule has 4 heteroatoms. The van der Waals surface area contributed by atoms with Crippen molar-refractivity contribution in [3.63, 3.8) is 0 Å². The first-order valence-electron chi connectivity index (χ1n) is 22.2. The first-order chi connectivity index (χ1) is 32.0. The molecular formula is C61H42N4. The first kappa shape index (κ1) is 38.3. The lowest BCUT2D eigenvalue weighted by Gasteiger charge is -2.30. The molecule has 2 aliphatic carbocycles. The van der Waals surface area contributed by atoms with Crippen LogP contribution in [0.1, 0.15) is 40.3 Å². The summed E-state index contributed by atoms with van der Waals surface area (Å²) in [5.74, 6) is 1.84. The van der Waals surface area contributed by atoms with Crippen LogP contribution in [0.2, 0.25) is 0 Å². The third-order valence-corrected chi connectivity index (χ3v) is 13.3. The standard InChI is InChI=1S/C61H42N4/c1-39-15-6-13-26-57(39)62-40(2)46-18-14-19-47(37-46)59-63-58(45-33-31-44(32-34-45)43-29-27-42(28-30-43)41-16-4-3-5-17-41)64-60(65-59)48-35-36-52-51-22-9-12-25-55(51)61(56(52)38-48)53-23-10-7-20-49(53)50-21-8-11-24-54(50)61/h3-38H,1-2H3. The van der Waals surface area contributed by atoms with E-state index < -0.39 is 5.41 Å². The molecular weight excluding hydrogens is 789 g/mol. The average molecular weight is 831 g/mol. The van der Waals surface area contributed by atoms with Crippen LogP contribution in [0.5, 0.6) is 0 Å². The third kappa shape index (κ3) is 6.37. The van der Waals surface area contributed by atoms with Gasteiger partial charge in [-0.3, -0.25) is 4.99 Å². The molecule has 65 heavy (non-hydrogen) atoms. The summed E-state index contributed by atoms with van der Waals surface area (Å²) in [6.45, 7) is 4.15. The highest BCUT2D eigenvalue weighted by Gasteiger charge is 2.51. The Morgan fingerprint density at radius 1 is 0.354 bits per heavy atom. The number of para-hydroxylation sites is 1. The molecule has 0 amide bonds. The van der Waals surface area contributed by atoms with Crippen LogP contribution >= 0.6 is 0 Å². The predicted molar refractivity (Wildman–Crippen MR) is 266 cm³/mol. The monoisotopic (exact) mass is 830 g/mol. The van der Waals surface area contributed by atoms with Gasteiger partial charge in [0.25, 0.3) is 0 Å². The predicted octanol–water partition coefficient (Wildman–Crippen LogP) is 15.0. The molecule has 9 aromatic carbocycles. The topological polar surface area (TPSA) is 51.0 Å². The highest BCUT2D eigenvalue weighted by atomic mass is 15.0. The van der Waals surface area contributed by atoms with Gasteiger partial charge in [0.1, 0.15) is 0 Å². The number of fused-ring (bicyclic) bond motifs is 10. The van der Waals surface area contributed by atoms with Gasteiger partial charge in [0.2, 0.25) is 0 Å². The molecule has 0 bridgehead atoms. The summed E-state index contributed by atoms with van der Waals surface area (Å²) in [5.41, 5.74) is 21.1. The summed E-state index contributed by atoms with van der Waals surface area (Å²) in [6.07, 6.45) is 0. The summed E-state index contributed by atoms with van der Waals surface area (Å²) in [6, 6.07) is 77.9. The lowest BCUT2D eigenvalue weighted by atomic mass is 9.70. The third-order valence-electron chi connectivity index (χ3n) is 13.3. The van der Waals surface area contributed by atoms with E-state index in [1.54, 1.807) is 0 Å². The van der Waals surface area contributed by atoms with Crippen LogP contribution in [0.3, 0.4) is 0 Å². The summed E-state index contributed by atoms with van der Waals surface area (Å²) in [4.78, 5) is 20.9. The second-order valence-electron chi connectivity index (χ2n) is 17.0. The van der Waals surface area contributed by atoms with Gasteiger partial charge in [0.05, 0.1) is 11.1 Å². The van der Waals surface area contributed by atoms with Gasteiger partial charge in [-0.05, 0) is 110 Å². The van der Waals surface area contributed by atoms with Crippen LogP contribution in [0.15, 0.2) is 223 Å². The average Bonchev–Trinajstić information content (AvgIpc) is 3.84. The van der Waals surface area contributed by atoms with E-state index in [-0.39, 0.29) is 0 Å². The minimum Gasteiger partial charge on any atom is -0.253 e. The minimum atomic E-state index is -0.481. The Labute approximate surface area is 379 Å². The van der Waals surface area contributed by atoms with Crippen molar-refractivity contribution in [3.8, 4) is 78.7 Å². The Balaban J connectivity index is 1.00. The van der Waals surface area contributed by atoms with E-state index >= 15 is 0 Å². The maximum absolute atomic E-state index is 5.31. The lowest BCUT2D eigenvalue weighted by molar-refractivity contribution is 0.794. The van der Waals surface area contributed by atoms with Gasteiger partial charge >= 0.3 is 0 Å². The molecule has 0 radical (unpaired) electrons. The normalized spacial score (nSPS) is 13.0. The highest BCUT2D eigenvalue weighted by Crippen LogP contribution is 2.63. The van der Waals surface area contributed by atoms with E-state index in [9.17, 15) is 0 Å². The summed E-state index contributed by atoms with van der Waals surface area (Å²) in [7, 11) is 0. The van der Waals surface area contributed by atoms with Crippen molar-refractivity contribution in [2.75, 3.05) is 0 Å². The quantitative estimate of drug-likeness (QED) is 0.150.